The lowest BCUT2D eigenvalue weighted by Crippen LogP contribution is -2.55. The maximum Gasteiger partial charge on any atom is 0.393 e. The van der Waals surface area contributed by atoms with Gasteiger partial charge in [0, 0.05) is 76.9 Å². The molecule has 0 bridgehead atoms. The van der Waals surface area contributed by atoms with Crippen molar-refractivity contribution in [3.05, 3.63) is 53.6 Å². The van der Waals surface area contributed by atoms with Crippen LogP contribution in [0, 0.1) is 23.5 Å². The molecule has 3 aliphatic rings. The molecular weight excluding hydrogens is 583 g/mol. The van der Waals surface area contributed by atoms with Crippen LogP contribution in [-0.4, -0.2) is 92.7 Å². The molecule has 2 aromatic rings. The molecule has 0 aliphatic carbocycles. The molecule has 4 atom stereocenters. The first-order chi connectivity index (χ1) is 20.8. The van der Waals surface area contributed by atoms with Crippen LogP contribution in [0.15, 0.2) is 36.4 Å². The molecule has 0 radical (unpaired) electrons. The van der Waals surface area contributed by atoms with Crippen molar-refractivity contribution >= 4 is 28.9 Å². The molecule has 3 fully saturated rings. The molecule has 5 rings (SSSR count). The van der Waals surface area contributed by atoms with Gasteiger partial charge in [-0.3, -0.25) is 19.4 Å². The van der Waals surface area contributed by atoms with Crippen LogP contribution >= 0.6 is 0 Å². The molecule has 2 N–H and O–H groups in total. The standard InChI is InChI=1S/C31H39F5N6O2/c1-19-16-42(17-20(2)39(19)3)28-13-25(33)27(41-10-8-40(9-11-41)18-21-4-6-22(32)7-5-21)14-26(28)38-30(44)23-15-37-29(43)12-24(23)31(34,35)36/h4-7,13-14,19-20,23-24H,8-12,15-18H2,1-3H3,(H,37,43)(H,38,44)/t19-,20+,23?,24?. The number of nitrogens with zero attached hydrogens (tertiary/aromatic N) is 4. The number of amides is 2. The summed E-state index contributed by atoms with van der Waals surface area (Å²) in [5.41, 5.74) is 1.86. The van der Waals surface area contributed by atoms with E-state index in [9.17, 15) is 27.2 Å². The SMILES string of the molecule is C[C@@H]1CN(c2cc(F)c(N3CCN(Cc4ccc(F)cc4)CC3)cc2NC(=O)C2CNC(=O)CC2C(F)(F)F)C[C@H](C)N1C. The van der Waals surface area contributed by atoms with Crippen LogP contribution in [0.3, 0.4) is 0 Å². The fourth-order valence-corrected chi connectivity index (χ4v) is 6.38. The van der Waals surface area contributed by atoms with Gasteiger partial charge in [0.05, 0.1) is 28.9 Å². The van der Waals surface area contributed by atoms with E-state index in [1.54, 1.807) is 12.1 Å². The second kappa shape index (κ2) is 12.9. The fourth-order valence-electron chi connectivity index (χ4n) is 6.38. The molecule has 2 amide bonds. The van der Waals surface area contributed by atoms with Gasteiger partial charge in [-0.25, -0.2) is 8.78 Å². The summed E-state index contributed by atoms with van der Waals surface area (Å²) < 4.78 is 70.7. The normalized spacial score (nSPS) is 25.6. The Kier molecular flexibility index (Phi) is 9.36. The summed E-state index contributed by atoms with van der Waals surface area (Å²) in [7, 11) is 2.00. The molecule has 3 heterocycles. The Morgan fingerprint density at radius 3 is 2.20 bits per heavy atom. The van der Waals surface area contributed by atoms with E-state index in [4.69, 9.17) is 0 Å². The number of anilines is 3. The summed E-state index contributed by atoms with van der Waals surface area (Å²) >= 11 is 0. The number of rotatable bonds is 6. The molecule has 3 aliphatic heterocycles. The lowest BCUT2D eigenvalue weighted by molar-refractivity contribution is -0.197. The van der Waals surface area contributed by atoms with Crippen LogP contribution in [0.2, 0.25) is 0 Å². The largest absolute Gasteiger partial charge is 0.393 e. The minimum absolute atomic E-state index is 0.113. The third kappa shape index (κ3) is 7.09. The maximum atomic E-state index is 15.8. The van der Waals surface area contributed by atoms with Gasteiger partial charge < -0.3 is 20.4 Å². The van der Waals surface area contributed by atoms with Gasteiger partial charge in [0.15, 0.2) is 0 Å². The topological polar surface area (TPSA) is 71.2 Å². The van der Waals surface area contributed by atoms with E-state index in [0.29, 0.717) is 51.5 Å². The molecule has 0 saturated carbocycles. The number of alkyl halides is 3. The number of benzene rings is 2. The van der Waals surface area contributed by atoms with Crippen molar-refractivity contribution in [2.45, 2.75) is 45.1 Å². The number of likely N-dealkylation sites (N-methyl/N-ethyl adjacent to an activating group) is 1. The Hall–Kier alpha value is -3.45. The van der Waals surface area contributed by atoms with Crippen LogP contribution < -0.4 is 20.4 Å². The summed E-state index contributed by atoms with van der Waals surface area (Å²) in [6.07, 6.45) is -5.55. The third-order valence-corrected chi connectivity index (χ3v) is 9.22. The number of hydrogen-bond acceptors (Lipinski definition) is 6. The van der Waals surface area contributed by atoms with Gasteiger partial charge in [-0.1, -0.05) is 12.1 Å². The van der Waals surface area contributed by atoms with Crippen molar-refractivity contribution < 1.29 is 31.5 Å². The minimum Gasteiger partial charge on any atom is -0.367 e. The average molecular weight is 623 g/mol. The van der Waals surface area contributed by atoms with Crippen molar-refractivity contribution in [3.63, 3.8) is 0 Å². The first-order valence-electron chi connectivity index (χ1n) is 15.0. The van der Waals surface area contributed by atoms with Gasteiger partial charge in [0.2, 0.25) is 11.8 Å². The summed E-state index contributed by atoms with van der Waals surface area (Å²) in [4.78, 5) is 33.4. The number of piperidine rings is 1. The first kappa shape index (κ1) is 32.0. The fraction of sp³-hybridized carbons (Fsp3) is 0.548. The summed E-state index contributed by atoms with van der Waals surface area (Å²) in [6.45, 7) is 7.53. The zero-order valence-electron chi connectivity index (χ0n) is 25.1. The lowest BCUT2D eigenvalue weighted by atomic mass is 9.84. The zero-order chi connectivity index (χ0) is 31.8. The predicted molar refractivity (Wildman–Crippen MR) is 158 cm³/mol. The highest BCUT2D eigenvalue weighted by molar-refractivity contribution is 5.98. The highest BCUT2D eigenvalue weighted by atomic mass is 19.4. The smallest absolute Gasteiger partial charge is 0.367 e. The third-order valence-electron chi connectivity index (χ3n) is 9.22. The number of halogens is 5. The highest BCUT2D eigenvalue weighted by Gasteiger charge is 2.50. The van der Waals surface area contributed by atoms with E-state index in [1.807, 2.05) is 30.7 Å². The van der Waals surface area contributed by atoms with E-state index < -0.39 is 48.6 Å². The van der Waals surface area contributed by atoms with Crippen LogP contribution in [0.4, 0.5) is 39.0 Å². The van der Waals surface area contributed by atoms with Gasteiger partial charge >= 0.3 is 6.18 Å². The molecule has 0 spiro atoms. The second-order valence-corrected chi connectivity index (χ2v) is 12.2. The quantitative estimate of drug-likeness (QED) is 0.474. The van der Waals surface area contributed by atoms with Crippen LogP contribution in [0.5, 0.6) is 0 Å². The van der Waals surface area contributed by atoms with E-state index in [1.165, 1.54) is 24.3 Å². The molecule has 2 unspecified atom stereocenters. The molecule has 2 aromatic carbocycles. The molecule has 0 aromatic heterocycles. The lowest BCUT2D eigenvalue weighted by Gasteiger charge is -2.44. The number of hydrogen-bond donors (Lipinski definition) is 2. The predicted octanol–water partition coefficient (Wildman–Crippen LogP) is 4.07. The van der Waals surface area contributed by atoms with E-state index in [0.717, 1.165) is 5.56 Å². The zero-order valence-corrected chi connectivity index (χ0v) is 25.1. The van der Waals surface area contributed by atoms with Crippen molar-refractivity contribution in [1.82, 2.24) is 15.1 Å². The summed E-state index contributed by atoms with van der Waals surface area (Å²) in [6, 6.07) is 9.41. The summed E-state index contributed by atoms with van der Waals surface area (Å²) in [5, 5.41) is 5.09. The van der Waals surface area contributed by atoms with Gasteiger partial charge in [-0.2, -0.15) is 13.2 Å². The van der Waals surface area contributed by atoms with Gasteiger partial charge in [-0.15, -0.1) is 0 Å². The number of nitrogens with one attached hydrogen (secondary N) is 2. The first-order valence-corrected chi connectivity index (χ1v) is 15.0. The summed E-state index contributed by atoms with van der Waals surface area (Å²) in [5.74, 6) is -6.04. The number of carbonyl (C=O) groups is 2. The van der Waals surface area contributed by atoms with Gasteiger partial charge in [0.1, 0.15) is 11.6 Å². The number of piperazine rings is 2. The molecule has 44 heavy (non-hydrogen) atoms. The highest BCUT2D eigenvalue weighted by Crippen LogP contribution is 2.39. The Morgan fingerprint density at radius 1 is 0.955 bits per heavy atom. The Balaban J connectivity index is 1.40. The van der Waals surface area contributed by atoms with Gasteiger partial charge in [-0.05, 0) is 44.7 Å². The van der Waals surface area contributed by atoms with E-state index >= 15 is 4.39 Å². The Morgan fingerprint density at radius 2 is 1.59 bits per heavy atom. The van der Waals surface area contributed by atoms with Crippen molar-refractivity contribution in [3.8, 4) is 0 Å². The van der Waals surface area contributed by atoms with Crippen LogP contribution in [0.1, 0.15) is 25.8 Å². The van der Waals surface area contributed by atoms with E-state index in [2.05, 4.69) is 20.4 Å². The van der Waals surface area contributed by atoms with E-state index in [-0.39, 0.29) is 29.3 Å². The Labute approximate surface area is 254 Å². The van der Waals surface area contributed by atoms with Gasteiger partial charge in [0.25, 0.3) is 0 Å². The average Bonchev–Trinajstić information content (AvgIpc) is 2.97. The maximum absolute atomic E-state index is 15.8. The van der Waals surface area contributed by atoms with Crippen molar-refractivity contribution in [2.24, 2.45) is 11.8 Å². The molecule has 240 valence electrons. The molecule has 8 nitrogen and oxygen atoms in total. The van der Waals surface area contributed by atoms with Crippen LogP contribution in [0.25, 0.3) is 0 Å². The monoisotopic (exact) mass is 622 g/mol. The van der Waals surface area contributed by atoms with Crippen molar-refractivity contribution in [1.29, 1.82) is 0 Å². The second-order valence-electron chi connectivity index (χ2n) is 12.2. The van der Waals surface area contributed by atoms with Crippen molar-refractivity contribution in [2.75, 3.05) is 68.0 Å². The molecular formula is C31H39F5N6O2. The molecule has 3 saturated heterocycles. The molecule has 13 heteroatoms. The van der Waals surface area contributed by atoms with Crippen LogP contribution in [-0.2, 0) is 16.1 Å². The Bertz CT molecular complexity index is 1340. The number of carbonyl (C=O) groups excluding carboxylic acids is 2. The minimum atomic E-state index is -4.73.